The molecule has 0 saturated carbocycles. The zero-order chi connectivity index (χ0) is 15.2. The fraction of sp³-hybridized carbons (Fsp3) is 0.294. The largest absolute Gasteiger partial charge is 0.493 e. The third-order valence-corrected chi connectivity index (χ3v) is 3.71. The fourth-order valence-corrected chi connectivity index (χ4v) is 2.35. The average molecular weight is 306 g/mol. The van der Waals surface area contributed by atoms with Crippen LogP contribution in [-0.4, -0.2) is 14.2 Å². The van der Waals surface area contributed by atoms with Gasteiger partial charge in [0, 0.05) is 23.2 Å². The highest BCUT2D eigenvalue weighted by Gasteiger charge is 2.11. The summed E-state index contributed by atoms with van der Waals surface area (Å²) in [6.07, 6.45) is 0. The molecule has 0 aliphatic rings. The quantitative estimate of drug-likeness (QED) is 0.867. The molecule has 0 heterocycles. The minimum atomic E-state index is 0.221. The molecule has 0 spiro atoms. The van der Waals surface area contributed by atoms with Crippen LogP contribution in [0.2, 0.25) is 5.02 Å². The van der Waals surface area contributed by atoms with Crippen LogP contribution >= 0.6 is 11.6 Å². The molecule has 21 heavy (non-hydrogen) atoms. The van der Waals surface area contributed by atoms with Gasteiger partial charge < -0.3 is 14.8 Å². The Bertz CT molecular complexity index is 584. The number of methoxy groups -OCH3 is 2. The molecule has 2 aromatic rings. The van der Waals surface area contributed by atoms with Crippen molar-refractivity contribution in [3.05, 3.63) is 58.6 Å². The van der Waals surface area contributed by atoms with Gasteiger partial charge in [-0.05, 0) is 30.7 Å². The first-order valence-electron chi connectivity index (χ1n) is 6.84. The lowest BCUT2D eigenvalue weighted by Crippen LogP contribution is -2.18. The first-order valence-corrected chi connectivity index (χ1v) is 7.22. The molecule has 4 heteroatoms. The Kier molecular flexibility index (Phi) is 5.48. The Balaban J connectivity index is 2.07. The number of nitrogens with one attached hydrogen (secondary N) is 1. The summed E-state index contributed by atoms with van der Waals surface area (Å²) in [5, 5.41) is 4.23. The van der Waals surface area contributed by atoms with E-state index in [1.807, 2.05) is 42.5 Å². The molecule has 0 aliphatic heterocycles. The summed E-state index contributed by atoms with van der Waals surface area (Å²) in [5.41, 5.74) is 2.26. The van der Waals surface area contributed by atoms with Gasteiger partial charge in [-0.1, -0.05) is 35.9 Å². The van der Waals surface area contributed by atoms with E-state index in [-0.39, 0.29) is 6.04 Å². The number of para-hydroxylation sites is 1. The second-order valence-electron chi connectivity index (χ2n) is 4.81. The van der Waals surface area contributed by atoms with Crippen LogP contribution in [0, 0.1) is 0 Å². The molecule has 0 radical (unpaired) electrons. The molecule has 2 aromatic carbocycles. The van der Waals surface area contributed by atoms with Gasteiger partial charge in [0.15, 0.2) is 11.5 Å². The van der Waals surface area contributed by atoms with Crippen LogP contribution in [0.3, 0.4) is 0 Å². The molecule has 0 saturated heterocycles. The van der Waals surface area contributed by atoms with Crippen LogP contribution in [0.25, 0.3) is 0 Å². The molecule has 0 aromatic heterocycles. The van der Waals surface area contributed by atoms with Crippen LogP contribution in [0.1, 0.15) is 24.1 Å². The number of benzene rings is 2. The minimum Gasteiger partial charge on any atom is -0.493 e. The Hall–Kier alpha value is -1.71. The number of halogens is 1. The van der Waals surface area contributed by atoms with Gasteiger partial charge in [0.1, 0.15) is 0 Å². The first-order chi connectivity index (χ1) is 10.2. The van der Waals surface area contributed by atoms with E-state index in [1.165, 1.54) is 5.56 Å². The van der Waals surface area contributed by atoms with E-state index in [2.05, 4.69) is 12.2 Å². The molecule has 1 N–H and O–H groups in total. The molecule has 3 nitrogen and oxygen atoms in total. The Labute approximate surface area is 130 Å². The zero-order valence-electron chi connectivity index (χ0n) is 12.5. The summed E-state index contributed by atoms with van der Waals surface area (Å²) in [7, 11) is 3.30. The SMILES string of the molecule is COc1cccc(CNC(C)c2ccc(Cl)cc2)c1OC. The Morgan fingerprint density at radius 3 is 2.38 bits per heavy atom. The molecule has 2 rings (SSSR count). The Morgan fingerprint density at radius 1 is 1.05 bits per heavy atom. The maximum absolute atomic E-state index is 5.91. The normalized spacial score (nSPS) is 12.0. The number of rotatable bonds is 6. The van der Waals surface area contributed by atoms with E-state index in [0.717, 1.165) is 22.1 Å². The van der Waals surface area contributed by atoms with Crippen molar-refractivity contribution in [3.63, 3.8) is 0 Å². The van der Waals surface area contributed by atoms with Crippen molar-refractivity contribution >= 4 is 11.6 Å². The van der Waals surface area contributed by atoms with Gasteiger partial charge in [-0.25, -0.2) is 0 Å². The molecular formula is C17H20ClNO2. The van der Waals surface area contributed by atoms with E-state index in [1.54, 1.807) is 14.2 Å². The van der Waals surface area contributed by atoms with Crippen molar-refractivity contribution in [2.75, 3.05) is 14.2 Å². The molecule has 1 unspecified atom stereocenters. The zero-order valence-corrected chi connectivity index (χ0v) is 13.3. The van der Waals surface area contributed by atoms with Gasteiger partial charge in [0.25, 0.3) is 0 Å². The monoisotopic (exact) mass is 305 g/mol. The molecule has 1 atom stereocenters. The third-order valence-electron chi connectivity index (χ3n) is 3.45. The summed E-state index contributed by atoms with van der Waals surface area (Å²) in [5.74, 6) is 1.52. The van der Waals surface area contributed by atoms with Crippen LogP contribution in [0.5, 0.6) is 11.5 Å². The summed E-state index contributed by atoms with van der Waals surface area (Å²) in [4.78, 5) is 0. The van der Waals surface area contributed by atoms with Crippen LogP contribution in [0.4, 0.5) is 0 Å². The molecule has 0 amide bonds. The summed E-state index contributed by atoms with van der Waals surface area (Å²) < 4.78 is 10.8. The summed E-state index contributed by atoms with van der Waals surface area (Å²) in [6, 6.07) is 14.0. The van der Waals surface area contributed by atoms with Gasteiger partial charge in [-0.3, -0.25) is 0 Å². The molecule has 112 valence electrons. The van der Waals surface area contributed by atoms with E-state index < -0.39 is 0 Å². The molecule has 0 bridgehead atoms. The van der Waals surface area contributed by atoms with Gasteiger partial charge in [-0.15, -0.1) is 0 Å². The first kappa shape index (κ1) is 15.7. The Morgan fingerprint density at radius 2 is 1.76 bits per heavy atom. The molecule has 0 fully saturated rings. The van der Waals surface area contributed by atoms with Crippen molar-refractivity contribution in [2.24, 2.45) is 0 Å². The molecular weight excluding hydrogens is 286 g/mol. The lowest BCUT2D eigenvalue weighted by molar-refractivity contribution is 0.350. The summed E-state index contributed by atoms with van der Waals surface area (Å²) >= 11 is 5.91. The van der Waals surface area contributed by atoms with Crippen molar-refractivity contribution in [1.29, 1.82) is 0 Å². The van der Waals surface area contributed by atoms with Gasteiger partial charge in [-0.2, -0.15) is 0 Å². The highest BCUT2D eigenvalue weighted by Crippen LogP contribution is 2.31. The number of hydrogen-bond donors (Lipinski definition) is 1. The maximum Gasteiger partial charge on any atom is 0.165 e. The number of hydrogen-bond acceptors (Lipinski definition) is 3. The number of ether oxygens (including phenoxy) is 2. The van der Waals surface area contributed by atoms with E-state index in [9.17, 15) is 0 Å². The van der Waals surface area contributed by atoms with Crippen LogP contribution in [-0.2, 0) is 6.54 Å². The van der Waals surface area contributed by atoms with Gasteiger partial charge in [0.05, 0.1) is 14.2 Å². The lowest BCUT2D eigenvalue weighted by atomic mass is 10.1. The predicted octanol–water partition coefficient (Wildman–Crippen LogP) is 4.21. The fourth-order valence-electron chi connectivity index (χ4n) is 2.23. The van der Waals surface area contributed by atoms with E-state index in [4.69, 9.17) is 21.1 Å². The standard InChI is InChI=1S/C17H20ClNO2/c1-12(13-7-9-15(18)10-8-13)19-11-14-5-4-6-16(20-2)17(14)21-3/h4-10,12,19H,11H2,1-3H3. The van der Waals surface area contributed by atoms with E-state index >= 15 is 0 Å². The minimum absolute atomic E-state index is 0.221. The van der Waals surface area contributed by atoms with Crippen molar-refractivity contribution in [1.82, 2.24) is 5.32 Å². The lowest BCUT2D eigenvalue weighted by Gasteiger charge is -2.17. The highest BCUT2D eigenvalue weighted by molar-refractivity contribution is 6.30. The van der Waals surface area contributed by atoms with Crippen molar-refractivity contribution < 1.29 is 9.47 Å². The van der Waals surface area contributed by atoms with E-state index in [0.29, 0.717) is 6.54 Å². The van der Waals surface area contributed by atoms with Crippen molar-refractivity contribution in [3.8, 4) is 11.5 Å². The van der Waals surface area contributed by atoms with Gasteiger partial charge >= 0.3 is 0 Å². The highest BCUT2D eigenvalue weighted by atomic mass is 35.5. The topological polar surface area (TPSA) is 30.5 Å². The smallest absolute Gasteiger partial charge is 0.165 e. The maximum atomic E-state index is 5.91. The van der Waals surface area contributed by atoms with Crippen LogP contribution < -0.4 is 14.8 Å². The average Bonchev–Trinajstić information content (AvgIpc) is 2.52. The second-order valence-corrected chi connectivity index (χ2v) is 5.24. The molecule has 0 aliphatic carbocycles. The van der Waals surface area contributed by atoms with Crippen molar-refractivity contribution in [2.45, 2.75) is 19.5 Å². The predicted molar refractivity (Wildman–Crippen MR) is 86.3 cm³/mol. The van der Waals surface area contributed by atoms with Gasteiger partial charge in [0.2, 0.25) is 0 Å². The summed E-state index contributed by atoms with van der Waals surface area (Å²) in [6.45, 7) is 2.82. The van der Waals surface area contributed by atoms with Crippen LogP contribution in [0.15, 0.2) is 42.5 Å². The second kappa shape index (κ2) is 7.34. The third kappa shape index (κ3) is 3.90.